The van der Waals surface area contributed by atoms with Gasteiger partial charge in [-0.2, -0.15) is 0 Å². The second kappa shape index (κ2) is 5.44. The van der Waals surface area contributed by atoms with Gasteiger partial charge in [0.05, 0.1) is 18.1 Å². The molecule has 0 radical (unpaired) electrons. The number of fused-ring (bicyclic) bond motifs is 5. The van der Waals surface area contributed by atoms with Crippen LogP contribution in [0.25, 0.3) is 0 Å². The van der Waals surface area contributed by atoms with E-state index in [2.05, 4.69) is 6.92 Å². The van der Waals surface area contributed by atoms with Crippen molar-refractivity contribution in [1.29, 1.82) is 0 Å². The number of hydrogen-bond acceptors (Lipinski definition) is 3. The topological polar surface area (TPSA) is 77.8 Å². The van der Waals surface area contributed by atoms with E-state index in [-0.39, 0.29) is 11.5 Å². The number of carbonyl (C=O) groups is 1. The van der Waals surface area contributed by atoms with Crippen LogP contribution in [0.4, 0.5) is 0 Å². The van der Waals surface area contributed by atoms with Crippen molar-refractivity contribution in [1.82, 2.24) is 0 Å². The van der Waals surface area contributed by atoms with Crippen molar-refractivity contribution in [2.24, 2.45) is 40.4 Å². The third-order valence-corrected chi connectivity index (χ3v) is 9.04. The van der Waals surface area contributed by atoms with E-state index in [0.29, 0.717) is 23.7 Å². The van der Waals surface area contributed by atoms with E-state index in [4.69, 9.17) is 0 Å². The molecular formula is C20H32O4. The molecule has 4 saturated carbocycles. The maximum Gasteiger partial charge on any atom is 0.307 e. The van der Waals surface area contributed by atoms with Gasteiger partial charge in [-0.15, -0.1) is 0 Å². The zero-order chi connectivity index (χ0) is 17.3. The molecule has 0 saturated heterocycles. The van der Waals surface area contributed by atoms with E-state index >= 15 is 0 Å². The summed E-state index contributed by atoms with van der Waals surface area (Å²) < 4.78 is 0. The van der Waals surface area contributed by atoms with Crippen molar-refractivity contribution in [3.63, 3.8) is 0 Å². The molecule has 0 aromatic carbocycles. The maximum atomic E-state index is 11.8. The first-order chi connectivity index (χ1) is 11.3. The Hall–Kier alpha value is -0.610. The Balaban J connectivity index is 1.66. The third-order valence-electron chi connectivity index (χ3n) is 9.04. The van der Waals surface area contributed by atoms with Crippen LogP contribution in [0.1, 0.15) is 65.2 Å². The number of aliphatic hydroxyl groups excluding tert-OH is 2. The fourth-order valence-corrected chi connectivity index (χ4v) is 7.61. The molecule has 0 aromatic rings. The highest BCUT2D eigenvalue weighted by Gasteiger charge is 2.64. The van der Waals surface area contributed by atoms with Crippen LogP contribution in [0.15, 0.2) is 0 Å². The Morgan fingerprint density at radius 2 is 1.71 bits per heavy atom. The largest absolute Gasteiger partial charge is 0.481 e. The lowest BCUT2D eigenvalue weighted by atomic mass is 9.44. The van der Waals surface area contributed by atoms with Gasteiger partial charge in [0, 0.05) is 5.41 Å². The first-order valence-corrected chi connectivity index (χ1v) is 9.87. The minimum absolute atomic E-state index is 0.152. The Labute approximate surface area is 144 Å². The van der Waals surface area contributed by atoms with Crippen LogP contribution >= 0.6 is 0 Å². The summed E-state index contributed by atoms with van der Waals surface area (Å²) in [4.78, 5) is 11.8. The first-order valence-electron chi connectivity index (χ1n) is 9.87. The monoisotopic (exact) mass is 336 g/mol. The van der Waals surface area contributed by atoms with Gasteiger partial charge in [-0.25, -0.2) is 0 Å². The quantitative estimate of drug-likeness (QED) is 0.688. The molecule has 0 amide bonds. The van der Waals surface area contributed by atoms with Gasteiger partial charge in [-0.1, -0.05) is 13.8 Å². The van der Waals surface area contributed by atoms with E-state index < -0.39 is 23.4 Å². The summed E-state index contributed by atoms with van der Waals surface area (Å²) in [6.45, 7) is 4.43. The standard InChI is InChI=1S/C20H32O4/c1-19-8-7-12(21)9-11(19)3-4-13-14-5-6-15(18(23)24)20(14,2)17(22)10-16(13)19/h11-17,21-22H,3-10H2,1-2H3,(H,23,24)/t11-,12+,13+,14-,15-,16+,17+,19-,20-/m0/s1. The minimum Gasteiger partial charge on any atom is -0.481 e. The first kappa shape index (κ1) is 16.8. The van der Waals surface area contributed by atoms with Crippen LogP contribution in [0, 0.1) is 40.4 Å². The van der Waals surface area contributed by atoms with E-state index in [1.807, 2.05) is 6.92 Å². The molecule has 4 aliphatic rings. The lowest BCUT2D eigenvalue weighted by Crippen LogP contribution is -2.59. The van der Waals surface area contributed by atoms with Crippen LogP contribution in [0.2, 0.25) is 0 Å². The molecule has 0 unspecified atom stereocenters. The van der Waals surface area contributed by atoms with Crippen LogP contribution in [0.5, 0.6) is 0 Å². The normalized spacial score (nSPS) is 56.9. The SMILES string of the molecule is C[C@]12CC[C@@H](O)C[C@@H]1CC[C@H]1[C@H]2C[C@@H](O)[C@]2(C)[C@H](C(=O)O)CC[C@@H]12. The van der Waals surface area contributed by atoms with Gasteiger partial charge in [0.1, 0.15) is 0 Å². The fraction of sp³-hybridized carbons (Fsp3) is 0.950. The smallest absolute Gasteiger partial charge is 0.307 e. The molecule has 0 heterocycles. The molecule has 0 spiro atoms. The molecule has 4 nitrogen and oxygen atoms in total. The highest BCUT2D eigenvalue weighted by Crippen LogP contribution is 2.67. The Morgan fingerprint density at radius 1 is 0.958 bits per heavy atom. The number of aliphatic hydroxyl groups is 2. The molecule has 0 aromatic heterocycles. The Morgan fingerprint density at radius 3 is 2.42 bits per heavy atom. The number of carboxylic acid groups (broad SMARTS) is 1. The zero-order valence-corrected chi connectivity index (χ0v) is 14.9. The molecule has 4 rings (SSSR count). The molecule has 136 valence electrons. The van der Waals surface area contributed by atoms with Crippen molar-refractivity contribution in [3.05, 3.63) is 0 Å². The maximum absolute atomic E-state index is 11.8. The average Bonchev–Trinajstić information content (AvgIpc) is 2.88. The van der Waals surface area contributed by atoms with E-state index in [0.717, 1.165) is 51.4 Å². The number of hydrogen-bond donors (Lipinski definition) is 3. The third kappa shape index (κ3) is 2.08. The fourth-order valence-electron chi connectivity index (χ4n) is 7.61. The highest BCUT2D eigenvalue weighted by atomic mass is 16.4. The van der Waals surface area contributed by atoms with Crippen LogP contribution < -0.4 is 0 Å². The van der Waals surface area contributed by atoms with Gasteiger partial charge < -0.3 is 15.3 Å². The van der Waals surface area contributed by atoms with E-state index in [1.54, 1.807) is 0 Å². The Kier molecular flexibility index (Phi) is 3.82. The summed E-state index contributed by atoms with van der Waals surface area (Å²) in [5.41, 5.74) is -0.240. The van der Waals surface area contributed by atoms with E-state index in [1.165, 1.54) is 0 Å². The minimum atomic E-state index is -0.724. The Bertz CT molecular complexity index is 534. The summed E-state index contributed by atoms with van der Waals surface area (Å²) in [6, 6.07) is 0. The summed E-state index contributed by atoms with van der Waals surface area (Å²) in [7, 11) is 0. The molecule has 0 bridgehead atoms. The highest BCUT2D eigenvalue weighted by molar-refractivity contribution is 5.71. The second-order valence-corrected chi connectivity index (χ2v) is 9.67. The molecular weight excluding hydrogens is 304 g/mol. The van der Waals surface area contributed by atoms with Crippen molar-refractivity contribution < 1.29 is 20.1 Å². The second-order valence-electron chi connectivity index (χ2n) is 9.67. The summed E-state index contributed by atoms with van der Waals surface area (Å²) in [6.07, 6.45) is 6.93. The summed E-state index contributed by atoms with van der Waals surface area (Å²) in [5.74, 6) is 0.840. The average molecular weight is 336 g/mol. The summed E-state index contributed by atoms with van der Waals surface area (Å²) >= 11 is 0. The van der Waals surface area contributed by atoms with Crippen molar-refractivity contribution in [2.75, 3.05) is 0 Å². The predicted molar refractivity (Wildman–Crippen MR) is 90.2 cm³/mol. The van der Waals surface area contributed by atoms with Crippen LogP contribution in [0.3, 0.4) is 0 Å². The van der Waals surface area contributed by atoms with Gasteiger partial charge in [0.25, 0.3) is 0 Å². The van der Waals surface area contributed by atoms with Gasteiger partial charge >= 0.3 is 5.97 Å². The molecule has 3 N–H and O–H groups in total. The number of rotatable bonds is 1. The molecule has 4 aliphatic carbocycles. The lowest BCUT2D eigenvalue weighted by Gasteiger charge is -2.61. The molecule has 9 atom stereocenters. The number of carboxylic acids is 1. The zero-order valence-electron chi connectivity index (χ0n) is 14.9. The van der Waals surface area contributed by atoms with Crippen molar-refractivity contribution in [3.8, 4) is 0 Å². The molecule has 0 aliphatic heterocycles. The van der Waals surface area contributed by atoms with E-state index in [9.17, 15) is 20.1 Å². The lowest BCUT2D eigenvalue weighted by molar-refractivity contribution is -0.180. The molecule has 4 fully saturated rings. The van der Waals surface area contributed by atoms with Gasteiger partial charge in [-0.3, -0.25) is 4.79 Å². The van der Waals surface area contributed by atoms with Crippen LogP contribution in [-0.4, -0.2) is 33.5 Å². The van der Waals surface area contributed by atoms with Gasteiger partial charge in [0.15, 0.2) is 0 Å². The van der Waals surface area contributed by atoms with Crippen molar-refractivity contribution >= 4 is 5.97 Å². The van der Waals surface area contributed by atoms with Gasteiger partial charge in [0.2, 0.25) is 0 Å². The molecule has 24 heavy (non-hydrogen) atoms. The summed E-state index contributed by atoms with van der Waals surface area (Å²) in [5, 5.41) is 30.8. The van der Waals surface area contributed by atoms with Gasteiger partial charge in [-0.05, 0) is 80.5 Å². The number of aliphatic carboxylic acids is 1. The molecule has 4 heteroatoms. The van der Waals surface area contributed by atoms with Crippen LogP contribution in [-0.2, 0) is 4.79 Å². The van der Waals surface area contributed by atoms with Crippen molar-refractivity contribution in [2.45, 2.75) is 77.4 Å². The predicted octanol–water partition coefficient (Wildman–Crippen LogP) is 3.06.